The van der Waals surface area contributed by atoms with E-state index in [1.165, 1.54) is 22.3 Å². The topological polar surface area (TPSA) is 38.1 Å². The van der Waals surface area contributed by atoms with Gasteiger partial charge in [-0.25, -0.2) is 4.98 Å². The summed E-state index contributed by atoms with van der Waals surface area (Å²) in [4.78, 5) is 22.9. The second kappa shape index (κ2) is 8.43. The Morgan fingerprint density at radius 1 is 0.682 bits per heavy atom. The van der Waals surface area contributed by atoms with Crippen molar-refractivity contribution in [2.45, 2.75) is 41.2 Å². The average Bonchev–Trinajstić information content (AvgIpc) is 3.32. The zero-order chi connectivity index (χ0) is 29.1. The molecule has 1 aliphatic carbocycles. The molecule has 2 saturated heterocycles. The van der Waals surface area contributed by atoms with Crippen LogP contribution in [0, 0.1) is 0 Å². The minimum absolute atomic E-state index is 0.0167. The largest absolute Gasteiger partial charge is 0.282 e. The first-order valence-corrected chi connectivity index (χ1v) is 15.8. The number of aromatic nitrogens is 2. The van der Waals surface area contributed by atoms with Crippen LogP contribution < -0.4 is 5.56 Å². The van der Waals surface area contributed by atoms with Crippen molar-refractivity contribution in [1.82, 2.24) is 14.5 Å². The fourth-order valence-corrected chi connectivity index (χ4v) is 10.5. The van der Waals surface area contributed by atoms with Crippen LogP contribution in [0.25, 0.3) is 16.6 Å². The summed E-state index contributed by atoms with van der Waals surface area (Å²) in [5.74, 6) is 1.05. The van der Waals surface area contributed by atoms with Crippen molar-refractivity contribution in [3.63, 3.8) is 0 Å². The van der Waals surface area contributed by atoms with Crippen LogP contribution in [0.1, 0.15) is 46.8 Å². The second-order valence-electron chi connectivity index (χ2n) is 12.9. The summed E-state index contributed by atoms with van der Waals surface area (Å²) in [5, 5.41) is 0.664. The molecule has 6 aromatic rings. The Labute approximate surface area is 256 Å². The molecule has 44 heavy (non-hydrogen) atoms. The maximum absolute atomic E-state index is 14.6. The standard InChI is InChI=1S/C40H31N3O/c44-36-30-21-10-12-23-32(30)41-37-40(31-22-11-13-24-33(31)43(36)37)39(29-19-8-3-9-20-29)35(27-15-4-1-5-16-27)38(39,28-17-6-2-7-18-28)34-25-14-26-42(34)40/h1-13,15-24,34-35H,14,25-26H2/t34-,35-,38-,39+,40-/m1/s1. The zero-order valence-corrected chi connectivity index (χ0v) is 24.3. The third-order valence-corrected chi connectivity index (χ3v) is 11.5. The van der Waals surface area contributed by atoms with Crippen molar-refractivity contribution < 1.29 is 0 Å². The number of hydrogen-bond acceptors (Lipinski definition) is 3. The number of hydrogen-bond donors (Lipinski definition) is 0. The summed E-state index contributed by atoms with van der Waals surface area (Å²) in [5.41, 5.74) is 5.72. The Bertz CT molecular complexity index is 2160. The Hall–Kier alpha value is -4.80. The first kappa shape index (κ1) is 24.6. The lowest BCUT2D eigenvalue weighted by Crippen LogP contribution is -2.53. The van der Waals surface area contributed by atoms with Gasteiger partial charge >= 0.3 is 0 Å². The summed E-state index contributed by atoms with van der Waals surface area (Å²) in [6, 6.07) is 50.4. The summed E-state index contributed by atoms with van der Waals surface area (Å²) >= 11 is 0. The number of nitrogens with zero attached hydrogens (tertiary/aromatic N) is 3. The molecule has 1 spiro atoms. The quantitative estimate of drug-likeness (QED) is 0.228. The molecule has 5 aromatic carbocycles. The first-order valence-electron chi connectivity index (χ1n) is 15.8. The molecule has 212 valence electrons. The first-order chi connectivity index (χ1) is 21.8. The number of para-hydroxylation sites is 2. The Balaban J connectivity index is 1.45. The molecule has 1 saturated carbocycles. The van der Waals surface area contributed by atoms with Crippen molar-refractivity contribution in [2.75, 3.05) is 6.54 Å². The molecule has 0 N–H and O–H groups in total. The van der Waals surface area contributed by atoms with E-state index >= 15 is 0 Å². The Morgan fingerprint density at radius 2 is 1.32 bits per heavy atom. The minimum Gasteiger partial charge on any atom is -0.282 e. The van der Waals surface area contributed by atoms with Gasteiger partial charge in [0.2, 0.25) is 0 Å². The minimum atomic E-state index is -0.647. The van der Waals surface area contributed by atoms with E-state index in [0.717, 1.165) is 36.4 Å². The summed E-state index contributed by atoms with van der Waals surface area (Å²) in [6.45, 7) is 0.965. The molecular weight excluding hydrogens is 538 g/mol. The maximum Gasteiger partial charge on any atom is 0.266 e. The van der Waals surface area contributed by atoms with Gasteiger partial charge < -0.3 is 0 Å². The SMILES string of the molecule is O=c1c2ccccc2nc2n1-c1ccccc1[C@@]21N2CCC[C@@H]2[C@]2(c3ccccc3)[C@@H](c3ccccc3)[C@@]21c1ccccc1. The highest BCUT2D eigenvalue weighted by atomic mass is 16.1. The van der Waals surface area contributed by atoms with Crippen LogP contribution in [-0.4, -0.2) is 27.0 Å². The van der Waals surface area contributed by atoms with E-state index in [4.69, 9.17) is 4.98 Å². The summed E-state index contributed by atoms with van der Waals surface area (Å²) in [7, 11) is 0. The fraction of sp³-hybridized carbons (Fsp3) is 0.200. The smallest absolute Gasteiger partial charge is 0.266 e. The average molecular weight is 570 g/mol. The van der Waals surface area contributed by atoms with Gasteiger partial charge in [-0.1, -0.05) is 121 Å². The highest BCUT2D eigenvalue weighted by Crippen LogP contribution is 2.89. The highest BCUT2D eigenvalue weighted by Gasteiger charge is 2.95. The molecular formula is C40H31N3O. The van der Waals surface area contributed by atoms with Crippen LogP contribution in [-0.2, 0) is 16.4 Å². The van der Waals surface area contributed by atoms with Crippen molar-refractivity contribution in [2.24, 2.45) is 0 Å². The Morgan fingerprint density at radius 3 is 2.09 bits per heavy atom. The van der Waals surface area contributed by atoms with Crippen molar-refractivity contribution in [3.8, 4) is 5.69 Å². The molecule has 5 atom stereocenters. The van der Waals surface area contributed by atoms with Gasteiger partial charge in [-0.05, 0) is 54.3 Å². The van der Waals surface area contributed by atoms with Crippen LogP contribution in [0.15, 0.2) is 144 Å². The van der Waals surface area contributed by atoms with E-state index in [1.54, 1.807) is 0 Å². The predicted molar refractivity (Wildman–Crippen MR) is 173 cm³/mol. The van der Waals surface area contributed by atoms with Crippen LogP contribution >= 0.6 is 0 Å². The molecule has 0 unspecified atom stereocenters. The van der Waals surface area contributed by atoms with Gasteiger partial charge in [0, 0.05) is 28.4 Å². The molecule has 10 rings (SSSR count). The molecule has 1 aromatic heterocycles. The third-order valence-electron chi connectivity index (χ3n) is 11.5. The van der Waals surface area contributed by atoms with Gasteiger partial charge in [-0.3, -0.25) is 14.3 Å². The van der Waals surface area contributed by atoms with Crippen molar-refractivity contribution in [3.05, 3.63) is 178 Å². The molecule has 4 aliphatic rings. The number of rotatable bonds is 3. The second-order valence-corrected chi connectivity index (χ2v) is 12.9. The van der Waals surface area contributed by atoms with Gasteiger partial charge in [-0.2, -0.15) is 0 Å². The molecule has 3 aliphatic heterocycles. The van der Waals surface area contributed by atoms with Gasteiger partial charge in [0.15, 0.2) is 0 Å². The lowest BCUT2D eigenvalue weighted by Gasteiger charge is -2.44. The van der Waals surface area contributed by atoms with E-state index in [1.807, 2.05) is 28.8 Å². The van der Waals surface area contributed by atoms with Crippen LogP contribution in [0.5, 0.6) is 0 Å². The normalized spacial score (nSPS) is 29.4. The van der Waals surface area contributed by atoms with E-state index in [9.17, 15) is 4.79 Å². The number of benzene rings is 5. The molecule has 0 radical (unpaired) electrons. The molecule has 3 fully saturated rings. The van der Waals surface area contributed by atoms with E-state index in [2.05, 4.69) is 120 Å². The van der Waals surface area contributed by atoms with Gasteiger partial charge in [0.1, 0.15) is 11.4 Å². The third kappa shape index (κ3) is 2.52. The van der Waals surface area contributed by atoms with Crippen molar-refractivity contribution in [1.29, 1.82) is 0 Å². The molecule has 4 heterocycles. The van der Waals surface area contributed by atoms with Gasteiger partial charge in [-0.15, -0.1) is 0 Å². The monoisotopic (exact) mass is 569 g/mol. The highest BCUT2D eigenvalue weighted by molar-refractivity contribution is 5.81. The molecule has 0 amide bonds. The maximum atomic E-state index is 14.6. The lowest BCUT2D eigenvalue weighted by molar-refractivity contribution is 0.109. The lowest BCUT2D eigenvalue weighted by atomic mass is 9.67. The zero-order valence-electron chi connectivity index (χ0n) is 24.3. The van der Waals surface area contributed by atoms with Crippen molar-refractivity contribution >= 4 is 10.9 Å². The predicted octanol–water partition coefficient (Wildman–Crippen LogP) is 7.09. The molecule has 4 heteroatoms. The van der Waals surface area contributed by atoms with E-state index < -0.39 is 11.0 Å². The number of piperidine rings is 1. The van der Waals surface area contributed by atoms with E-state index in [0.29, 0.717) is 5.39 Å². The summed E-state index contributed by atoms with van der Waals surface area (Å²) < 4.78 is 1.97. The molecule has 0 bridgehead atoms. The van der Waals surface area contributed by atoms with Gasteiger partial charge in [0.05, 0.1) is 16.6 Å². The number of fused-ring (bicyclic) bond motifs is 11. The summed E-state index contributed by atoms with van der Waals surface area (Å²) in [6.07, 6.45) is 2.22. The fourth-order valence-electron chi connectivity index (χ4n) is 10.5. The Kier molecular flexibility index (Phi) is 4.72. The van der Waals surface area contributed by atoms with Crippen LogP contribution in [0.4, 0.5) is 0 Å². The molecule has 4 nitrogen and oxygen atoms in total. The van der Waals surface area contributed by atoms with Crippen LogP contribution in [0.3, 0.4) is 0 Å². The van der Waals surface area contributed by atoms with E-state index in [-0.39, 0.29) is 22.9 Å². The van der Waals surface area contributed by atoms with Gasteiger partial charge in [0.25, 0.3) is 5.56 Å². The van der Waals surface area contributed by atoms with Crippen LogP contribution in [0.2, 0.25) is 0 Å².